The molecule has 17 nitrogen and oxygen atoms in total. The number of hydrogen-bond donors (Lipinski definition) is 3. The van der Waals surface area contributed by atoms with Gasteiger partial charge in [-0.2, -0.15) is 0 Å². The first-order valence-corrected chi connectivity index (χ1v) is 41.8. The molecule has 100 heavy (non-hydrogen) atoms. The van der Waals surface area contributed by atoms with E-state index >= 15 is 0 Å². The van der Waals surface area contributed by atoms with Crippen LogP contribution in [0, 0.1) is 0 Å². The lowest BCUT2D eigenvalue weighted by Crippen LogP contribution is -2.30. The second-order valence-electron chi connectivity index (χ2n) is 25.6. The number of ether oxygens (including phenoxy) is 4. The number of carbonyl (C=O) groups is 4. The summed E-state index contributed by atoms with van der Waals surface area (Å²) >= 11 is 0. The van der Waals surface area contributed by atoms with Gasteiger partial charge in [0, 0.05) is 19.3 Å². The summed E-state index contributed by atoms with van der Waals surface area (Å²) in [4.78, 5) is 72.8. The van der Waals surface area contributed by atoms with Gasteiger partial charge in [-0.25, -0.2) is 9.13 Å². The zero-order valence-electron chi connectivity index (χ0n) is 62.6. The molecule has 0 rings (SSSR count). The fraction of sp³-hybridized carbons (Fsp3) is 0.704. The van der Waals surface area contributed by atoms with E-state index in [0.717, 1.165) is 161 Å². The van der Waals surface area contributed by atoms with Crippen molar-refractivity contribution in [1.29, 1.82) is 0 Å². The number of phosphoric acid groups is 2. The van der Waals surface area contributed by atoms with Crippen LogP contribution in [0.1, 0.15) is 310 Å². The Morgan fingerprint density at radius 3 is 0.950 bits per heavy atom. The number of rotatable bonds is 72. The van der Waals surface area contributed by atoms with Gasteiger partial charge in [-0.1, -0.05) is 290 Å². The van der Waals surface area contributed by atoms with E-state index in [-0.39, 0.29) is 25.7 Å². The fourth-order valence-electron chi connectivity index (χ4n) is 10.0. The van der Waals surface area contributed by atoms with Crippen molar-refractivity contribution in [3.63, 3.8) is 0 Å². The fourth-order valence-corrected chi connectivity index (χ4v) is 11.6. The summed E-state index contributed by atoms with van der Waals surface area (Å²) in [6, 6.07) is 0. The van der Waals surface area contributed by atoms with Crippen molar-refractivity contribution in [1.82, 2.24) is 0 Å². The number of hydrogen-bond acceptors (Lipinski definition) is 15. The van der Waals surface area contributed by atoms with Crippen molar-refractivity contribution in [3.05, 3.63) is 122 Å². The Labute approximate surface area is 606 Å². The predicted molar refractivity (Wildman–Crippen MR) is 408 cm³/mol. The number of esters is 4. The molecule has 5 unspecified atom stereocenters. The Bertz CT molecular complexity index is 2370. The van der Waals surface area contributed by atoms with Crippen LogP contribution in [0.5, 0.6) is 0 Å². The Balaban J connectivity index is 5.40. The van der Waals surface area contributed by atoms with Crippen LogP contribution >= 0.6 is 15.6 Å². The third kappa shape index (κ3) is 71.8. The van der Waals surface area contributed by atoms with Gasteiger partial charge in [0.1, 0.15) is 19.3 Å². The van der Waals surface area contributed by atoms with E-state index < -0.39 is 97.5 Å². The standard InChI is InChI=1S/C81H138O17P2/c1-5-9-13-17-21-25-29-33-35-36-37-38-40-44-46-50-54-58-62-66-79(84)92-72-77(98-81(86)68-64-60-56-52-48-42-32-28-24-20-16-12-8-4)74-96-100(89,90)94-70-75(82)69-93-99(87,88)95-73-76(97-80(85)67-63-59-55-51-47-41-31-27-23-19-15-11-7-3)71-91-78(83)65-61-57-53-49-45-43-39-34-30-26-22-18-14-10-6-2/h10,14-15,19,21-22,25-27,31,33-35,37-39,45,49,57,61,75-77,82H,5-9,11-13,16-18,20,23-24,28-30,32,36,40-44,46-48,50-56,58-60,62-74H2,1-4H3,(H,87,88)(H,89,90)/b14-10-,19-15-,25-21-,26-22-,31-27-,35-33-,38-37-,39-34-,49-45-,61-57-. The summed E-state index contributed by atoms with van der Waals surface area (Å²) in [7, 11) is -9.98. The average molecular weight is 1450 g/mol. The minimum atomic E-state index is -5.00. The second kappa shape index (κ2) is 72.8. The molecule has 0 aromatic heterocycles. The predicted octanol–water partition coefficient (Wildman–Crippen LogP) is 22.3. The van der Waals surface area contributed by atoms with Crippen molar-refractivity contribution in [2.45, 2.75) is 329 Å². The number of unbranched alkanes of at least 4 members (excludes halogenated alkanes) is 27. The van der Waals surface area contributed by atoms with E-state index in [1.807, 2.05) is 18.2 Å². The molecule has 0 fully saturated rings. The minimum absolute atomic E-state index is 0.0573. The number of aliphatic hydroxyl groups is 1. The number of phosphoric ester groups is 2. The molecule has 0 radical (unpaired) electrons. The first-order valence-electron chi connectivity index (χ1n) is 38.8. The van der Waals surface area contributed by atoms with E-state index in [4.69, 9.17) is 37.0 Å². The molecule has 0 bridgehead atoms. The highest BCUT2D eigenvalue weighted by molar-refractivity contribution is 7.47. The molecule has 0 aromatic rings. The molecule has 574 valence electrons. The summed E-state index contributed by atoms with van der Waals surface area (Å²) < 4.78 is 68.4. The van der Waals surface area contributed by atoms with Gasteiger partial charge in [0.05, 0.1) is 32.8 Å². The van der Waals surface area contributed by atoms with Gasteiger partial charge in [-0.3, -0.25) is 37.3 Å². The van der Waals surface area contributed by atoms with Crippen LogP contribution in [-0.4, -0.2) is 96.7 Å². The molecule has 0 saturated carbocycles. The van der Waals surface area contributed by atoms with Crippen molar-refractivity contribution < 1.29 is 80.2 Å². The number of allylic oxidation sites excluding steroid dienone is 19. The van der Waals surface area contributed by atoms with Crippen LogP contribution < -0.4 is 0 Å². The summed E-state index contributed by atoms with van der Waals surface area (Å²) in [5.41, 5.74) is 0. The van der Waals surface area contributed by atoms with E-state index in [1.165, 1.54) is 70.6 Å². The zero-order valence-corrected chi connectivity index (χ0v) is 64.4. The van der Waals surface area contributed by atoms with Crippen molar-refractivity contribution >= 4 is 39.5 Å². The Morgan fingerprint density at radius 2 is 0.580 bits per heavy atom. The van der Waals surface area contributed by atoms with E-state index in [2.05, 4.69) is 125 Å². The maximum atomic E-state index is 13.1. The molecular weight excluding hydrogens is 1310 g/mol. The Kier molecular flexibility index (Phi) is 69.5. The molecule has 3 N–H and O–H groups in total. The van der Waals surface area contributed by atoms with Crippen molar-refractivity contribution in [2.75, 3.05) is 39.6 Å². The summed E-state index contributed by atoms with van der Waals surface area (Å²) in [6.07, 6.45) is 79.3. The van der Waals surface area contributed by atoms with Gasteiger partial charge >= 0.3 is 39.5 Å². The average Bonchev–Trinajstić information content (AvgIpc) is 0.936. The lowest BCUT2D eigenvalue weighted by atomic mass is 10.0. The highest BCUT2D eigenvalue weighted by Gasteiger charge is 2.30. The highest BCUT2D eigenvalue weighted by Crippen LogP contribution is 2.45. The van der Waals surface area contributed by atoms with Gasteiger partial charge in [-0.05, 0) is 116 Å². The number of carbonyl (C=O) groups excluding carboxylic acids is 4. The van der Waals surface area contributed by atoms with Crippen LogP contribution in [0.4, 0.5) is 0 Å². The molecule has 0 aromatic carbocycles. The van der Waals surface area contributed by atoms with Crippen LogP contribution in [0.25, 0.3) is 0 Å². The van der Waals surface area contributed by atoms with Gasteiger partial charge < -0.3 is 33.8 Å². The van der Waals surface area contributed by atoms with Crippen LogP contribution in [0.2, 0.25) is 0 Å². The van der Waals surface area contributed by atoms with Gasteiger partial charge in [0.25, 0.3) is 0 Å². The quantitative estimate of drug-likeness (QED) is 0.0169. The SMILES string of the molecule is CC/C=C\C/C=C\C/C=C\C/C=C\C/C=C\CC(=O)OCC(COP(=O)(O)OCC(O)COP(=O)(O)OCC(COC(=O)CCCCCCCC/C=C\C/C=C\C/C=C\CCCCC)OC(=O)CCCCCCCCCCCCCCC)OC(=O)CCCCCCC/C=C\C/C=C\CCC. The van der Waals surface area contributed by atoms with E-state index in [9.17, 15) is 43.2 Å². The first-order chi connectivity index (χ1) is 48.7. The first kappa shape index (κ1) is 95.5. The normalized spacial score (nSPS) is 14.6. The van der Waals surface area contributed by atoms with Crippen LogP contribution in [-0.2, 0) is 65.4 Å². The lowest BCUT2D eigenvalue weighted by molar-refractivity contribution is -0.161. The minimum Gasteiger partial charge on any atom is -0.462 e. The molecule has 0 aliphatic carbocycles. The summed E-state index contributed by atoms with van der Waals surface area (Å²) in [5.74, 6) is -2.35. The van der Waals surface area contributed by atoms with Gasteiger partial charge in [0.15, 0.2) is 12.2 Å². The largest absolute Gasteiger partial charge is 0.472 e. The molecule has 19 heteroatoms. The molecule has 0 heterocycles. The van der Waals surface area contributed by atoms with E-state index in [1.54, 1.807) is 6.08 Å². The molecule has 0 aliphatic rings. The third-order valence-electron chi connectivity index (χ3n) is 15.9. The second-order valence-corrected chi connectivity index (χ2v) is 28.5. The Hall–Kier alpha value is -4.54. The molecule has 0 saturated heterocycles. The molecule has 0 amide bonds. The summed E-state index contributed by atoms with van der Waals surface area (Å²) in [5, 5.41) is 10.6. The molecule has 0 aliphatic heterocycles. The maximum absolute atomic E-state index is 13.1. The maximum Gasteiger partial charge on any atom is 0.472 e. The summed E-state index contributed by atoms with van der Waals surface area (Å²) in [6.45, 7) is 4.53. The molecular formula is C81H138O17P2. The number of aliphatic hydroxyl groups excluding tert-OH is 1. The topological polar surface area (TPSA) is 237 Å². The van der Waals surface area contributed by atoms with Crippen LogP contribution in [0.15, 0.2) is 122 Å². The van der Waals surface area contributed by atoms with Gasteiger partial charge in [0.2, 0.25) is 0 Å². The Morgan fingerprint density at radius 1 is 0.300 bits per heavy atom. The zero-order chi connectivity index (χ0) is 73.2. The van der Waals surface area contributed by atoms with E-state index in [0.29, 0.717) is 25.7 Å². The van der Waals surface area contributed by atoms with Gasteiger partial charge in [-0.15, -0.1) is 0 Å². The molecule has 5 atom stereocenters. The van der Waals surface area contributed by atoms with Crippen molar-refractivity contribution in [3.8, 4) is 0 Å². The highest BCUT2D eigenvalue weighted by atomic mass is 31.2. The van der Waals surface area contributed by atoms with Crippen molar-refractivity contribution in [2.24, 2.45) is 0 Å². The molecule has 0 spiro atoms. The third-order valence-corrected chi connectivity index (χ3v) is 17.8. The lowest BCUT2D eigenvalue weighted by Gasteiger charge is -2.21. The smallest absolute Gasteiger partial charge is 0.462 e. The monoisotopic (exact) mass is 1440 g/mol. The van der Waals surface area contributed by atoms with Crippen LogP contribution in [0.3, 0.4) is 0 Å².